The highest BCUT2D eigenvalue weighted by atomic mass is 19.1. The zero-order chi connectivity index (χ0) is 15.2. The van der Waals surface area contributed by atoms with Crippen LogP contribution < -0.4 is 0 Å². The van der Waals surface area contributed by atoms with Crippen molar-refractivity contribution in [2.75, 3.05) is 0 Å². The van der Waals surface area contributed by atoms with Gasteiger partial charge in [0.05, 0.1) is 0 Å². The molecule has 2 rings (SSSR count). The van der Waals surface area contributed by atoms with Gasteiger partial charge in [0.2, 0.25) is 0 Å². The average molecular weight is 294 g/mol. The minimum atomic E-state index is -0.458. The molecule has 1 aromatic carbocycles. The fourth-order valence-electron chi connectivity index (χ4n) is 3.81. The highest BCUT2D eigenvalue weighted by Crippen LogP contribution is 2.36. The van der Waals surface area contributed by atoms with Gasteiger partial charge in [0.15, 0.2) is 0 Å². The van der Waals surface area contributed by atoms with Crippen LogP contribution in [0.5, 0.6) is 0 Å². The van der Waals surface area contributed by atoms with Crippen molar-refractivity contribution in [3.8, 4) is 0 Å². The number of unbranched alkanes of at least 4 members (excludes halogenated alkanes) is 1. The largest absolute Gasteiger partial charge is 0.207 e. The van der Waals surface area contributed by atoms with Crippen molar-refractivity contribution in [1.29, 1.82) is 0 Å². The first-order valence-electron chi connectivity index (χ1n) is 8.53. The number of benzene rings is 1. The molecule has 0 bridgehead atoms. The van der Waals surface area contributed by atoms with Gasteiger partial charge in [0, 0.05) is 6.07 Å². The predicted molar refractivity (Wildman–Crippen MR) is 84.2 cm³/mol. The standard InChI is InChI=1S/C19H28F2/c1-3-4-5-15-6-8-17(9-7-15)14(2)10-16-11-18(20)13-19(21)12-16/h11-15,17H,3-10H2,1-2H3. The Hall–Kier alpha value is -0.920. The third-order valence-corrected chi connectivity index (χ3v) is 5.14. The van der Waals surface area contributed by atoms with E-state index in [2.05, 4.69) is 13.8 Å². The van der Waals surface area contributed by atoms with Gasteiger partial charge >= 0.3 is 0 Å². The summed E-state index contributed by atoms with van der Waals surface area (Å²) in [6.07, 6.45) is 10.1. The third-order valence-electron chi connectivity index (χ3n) is 5.14. The maximum atomic E-state index is 13.3. The van der Waals surface area contributed by atoms with E-state index < -0.39 is 11.6 Å². The monoisotopic (exact) mass is 294 g/mol. The smallest absolute Gasteiger partial charge is 0.126 e. The number of hydrogen-bond donors (Lipinski definition) is 0. The summed E-state index contributed by atoms with van der Waals surface area (Å²) in [4.78, 5) is 0. The van der Waals surface area contributed by atoms with Crippen LogP contribution in [0.3, 0.4) is 0 Å². The van der Waals surface area contributed by atoms with Gasteiger partial charge in [-0.3, -0.25) is 0 Å². The fourth-order valence-corrected chi connectivity index (χ4v) is 3.81. The molecule has 1 unspecified atom stereocenters. The molecular weight excluding hydrogens is 266 g/mol. The molecule has 0 aromatic heterocycles. The predicted octanol–water partition coefficient (Wildman–Crippen LogP) is 6.14. The van der Waals surface area contributed by atoms with Crippen LogP contribution in [0.2, 0.25) is 0 Å². The van der Waals surface area contributed by atoms with Crippen LogP contribution in [0.25, 0.3) is 0 Å². The van der Waals surface area contributed by atoms with Gasteiger partial charge in [0.1, 0.15) is 11.6 Å². The van der Waals surface area contributed by atoms with E-state index in [-0.39, 0.29) is 0 Å². The Balaban J connectivity index is 1.83. The normalized spacial score (nSPS) is 24.0. The highest BCUT2D eigenvalue weighted by Gasteiger charge is 2.25. The first kappa shape index (κ1) is 16.5. The van der Waals surface area contributed by atoms with Gasteiger partial charge in [-0.2, -0.15) is 0 Å². The Morgan fingerprint density at radius 2 is 1.67 bits per heavy atom. The van der Waals surface area contributed by atoms with Crippen LogP contribution in [0.1, 0.15) is 64.4 Å². The van der Waals surface area contributed by atoms with Gasteiger partial charge in [0.25, 0.3) is 0 Å². The van der Waals surface area contributed by atoms with E-state index in [9.17, 15) is 8.78 Å². The molecule has 1 atom stereocenters. The zero-order valence-corrected chi connectivity index (χ0v) is 13.4. The third kappa shape index (κ3) is 5.09. The summed E-state index contributed by atoms with van der Waals surface area (Å²) in [6.45, 7) is 4.49. The van der Waals surface area contributed by atoms with Gasteiger partial charge < -0.3 is 0 Å². The first-order valence-corrected chi connectivity index (χ1v) is 8.53. The maximum Gasteiger partial charge on any atom is 0.126 e. The lowest BCUT2D eigenvalue weighted by atomic mass is 9.73. The van der Waals surface area contributed by atoms with E-state index in [1.54, 1.807) is 0 Å². The summed E-state index contributed by atoms with van der Waals surface area (Å²) in [5.74, 6) is 1.23. The van der Waals surface area contributed by atoms with Gasteiger partial charge in [-0.25, -0.2) is 8.78 Å². The fraction of sp³-hybridized carbons (Fsp3) is 0.684. The van der Waals surface area contributed by atoms with Crippen LogP contribution in [0.4, 0.5) is 8.78 Å². The molecule has 0 aliphatic heterocycles. The van der Waals surface area contributed by atoms with Crippen LogP contribution in [-0.4, -0.2) is 0 Å². The lowest BCUT2D eigenvalue weighted by Crippen LogP contribution is -2.21. The maximum absolute atomic E-state index is 13.3. The topological polar surface area (TPSA) is 0 Å². The Kier molecular flexibility index (Phi) is 6.20. The Bertz CT molecular complexity index is 413. The summed E-state index contributed by atoms with van der Waals surface area (Å²) >= 11 is 0. The molecule has 0 spiro atoms. The minimum absolute atomic E-state index is 0.458. The van der Waals surface area contributed by atoms with E-state index in [0.717, 1.165) is 24.0 Å². The van der Waals surface area contributed by atoms with E-state index in [0.29, 0.717) is 11.8 Å². The molecule has 0 saturated heterocycles. The molecule has 21 heavy (non-hydrogen) atoms. The van der Waals surface area contributed by atoms with Crippen molar-refractivity contribution in [1.82, 2.24) is 0 Å². The van der Waals surface area contributed by atoms with Crippen molar-refractivity contribution >= 4 is 0 Å². The quantitative estimate of drug-likeness (QED) is 0.591. The number of rotatable bonds is 6. The van der Waals surface area contributed by atoms with Gasteiger partial charge in [-0.15, -0.1) is 0 Å². The van der Waals surface area contributed by atoms with E-state index in [1.807, 2.05) is 0 Å². The SMILES string of the molecule is CCCCC1CCC(C(C)Cc2cc(F)cc(F)c2)CC1. The molecule has 1 aliphatic rings. The summed E-state index contributed by atoms with van der Waals surface area (Å²) < 4.78 is 26.5. The molecule has 1 saturated carbocycles. The molecule has 0 heterocycles. The van der Waals surface area contributed by atoms with Crippen molar-refractivity contribution in [2.45, 2.75) is 65.2 Å². The number of hydrogen-bond acceptors (Lipinski definition) is 0. The zero-order valence-electron chi connectivity index (χ0n) is 13.4. The summed E-state index contributed by atoms with van der Waals surface area (Å²) in [6, 6.07) is 3.91. The van der Waals surface area contributed by atoms with E-state index in [4.69, 9.17) is 0 Å². The molecule has 1 aliphatic carbocycles. The number of halogens is 2. The molecule has 0 radical (unpaired) electrons. The summed E-state index contributed by atoms with van der Waals surface area (Å²) in [5.41, 5.74) is 0.799. The first-order chi connectivity index (χ1) is 10.1. The second kappa shape index (κ2) is 7.91. The van der Waals surface area contributed by atoms with Crippen LogP contribution in [-0.2, 0) is 6.42 Å². The lowest BCUT2D eigenvalue weighted by molar-refractivity contribution is 0.204. The molecule has 1 fully saturated rings. The molecule has 0 N–H and O–H groups in total. The van der Waals surface area contributed by atoms with Crippen molar-refractivity contribution in [3.63, 3.8) is 0 Å². The molecular formula is C19H28F2. The Morgan fingerprint density at radius 1 is 1.05 bits per heavy atom. The van der Waals surface area contributed by atoms with Crippen molar-refractivity contribution in [2.24, 2.45) is 17.8 Å². The van der Waals surface area contributed by atoms with Gasteiger partial charge in [-0.1, -0.05) is 46.0 Å². The molecule has 2 heteroatoms. The van der Waals surface area contributed by atoms with Crippen LogP contribution >= 0.6 is 0 Å². The molecule has 0 nitrogen and oxygen atoms in total. The molecule has 1 aromatic rings. The van der Waals surface area contributed by atoms with Crippen molar-refractivity contribution < 1.29 is 8.78 Å². The van der Waals surface area contributed by atoms with Crippen LogP contribution in [0.15, 0.2) is 18.2 Å². The van der Waals surface area contributed by atoms with Gasteiger partial charge in [-0.05, 0) is 54.7 Å². The second-order valence-electron chi connectivity index (χ2n) is 6.88. The average Bonchev–Trinajstić information content (AvgIpc) is 2.44. The van der Waals surface area contributed by atoms with E-state index >= 15 is 0 Å². The molecule has 118 valence electrons. The Morgan fingerprint density at radius 3 is 2.24 bits per heavy atom. The lowest BCUT2D eigenvalue weighted by Gasteiger charge is -2.32. The highest BCUT2D eigenvalue weighted by molar-refractivity contribution is 5.18. The summed E-state index contributed by atoms with van der Waals surface area (Å²) in [7, 11) is 0. The summed E-state index contributed by atoms with van der Waals surface area (Å²) in [5, 5.41) is 0. The van der Waals surface area contributed by atoms with Crippen LogP contribution in [0, 0.1) is 29.4 Å². The Labute approximate surface area is 128 Å². The molecule has 0 amide bonds. The van der Waals surface area contributed by atoms with E-state index in [1.165, 1.54) is 57.1 Å². The second-order valence-corrected chi connectivity index (χ2v) is 6.88. The minimum Gasteiger partial charge on any atom is -0.207 e. The van der Waals surface area contributed by atoms with Crippen molar-refractivity contribution in [3.05, 3.63) is 35.4 Å².